The van der Waals surface area contributed by atoms with Crippen LogP contribution in [0.4, 0.5) is 4.39 Å². The number of nitrogens with zero attached hydrogens (tertiary/aromatic N) is 1. The summed E-state index contributed by atoms with van der Waals surface area (Å²) in [5, 5.41) is 3.31. The second kappa shape index (κ2) is 5.59. The normalized spacial score (nSPS) is 12.7. The van der Waals surface area contributed by atoms with Crippen molar-refractivity contribution < 1.29 is 4.39 Å². The Bertz CT molecular complexity index is 536. The Hall–Kier alpha value is -1.26. The molecule has 1 N–H and O–H groups in total. The molecule has 0 aliphatic rings. The molecule has 0 radical (unpaired) electrons. The summed E-state index contributed by atoms with van der Waals surface area (Å²) in [6, 6.07) is 5.21. The molecule has 1 heterocycles. The van der Waals surface area contributed by atoms with Crippen LogP contribution in [-0.2, 0) is 6.42 Å². The third-order valence-electron chi connectivity index (χ3n) is 3.18. The van der Waals surface area contributed by atoms with Crippen molar-refractivity contribution in [1.29, 1.82) is 0 Å². The second-order valence-corrected chi connectivity index (χ2v) is 5.30. The maximum Gasteiger partial charge on any atom is 0.123 e. The number of aromatic nitrogens is 1. The number of thiazole rings is 1. The zero-order valence-electron chi connectivity index (χ0n) is 10.8. The van der Waals surface area contributed by atoms with Crippen LogP contribution in [0.15, 0.2) is 23.7 Å². The minimum atomic E-state index is -0.175. The van der Waals surface area contributed by atoms with E-state index in [2.05, 4.69) is 10.3 Å². The maximum atomic E-state index is 13.1. The summed E-state index contributed by atoms with van der Waals surface area (Å²) < 4.78 is 13.1. The Labute approximate surface area is 111 Å². The van der Waals surface area contributed by atoms with Crippen molar-refractivity contribution in [3.63, 3.8) is 0 Å². The fourth-order valence-electron chi connectivity index (χ4n) is 2.08. The lowest BCUT2D eigenvalue weighted by Crippen LogP contribution is -2.19. The van der Waals surface area contributed by atoms with E-state index >= 15 is 0 Å². The number of benzene rings is 1. The molecule has 2 rings (SSSR count). The Morgan fingerprint density at radius 3 is 2.72 bits per heavy atom. The fourth-order valence-corrected chi connectivity index (χ4v) is 2.99. The molecule has 1 unspecified atom stereocenters. The Balaban J connectivity index is 2.23. The summed E-state index contributed by atoms with van der Waals surface area (Å²) in [5.74, 6) is -0.175. The van der Waals surface area contributed by atoms with Crippen LogP contribution in [0.25, 0.3) is 0 Å². The monoisotopic (exact) mass is 264 g/mol. The van der Waals surface area contributed by atoms with Gasteiger partial charge in [-0.05, 0) is 50.6 Å². The first kappa shape index (κ1) is 13.2. The van der Waals surface area contributed by atoms with Crippen molar-refractivity contribution in [1.82, 2.24) is 10.3 Å². The Kier molecular flexibility index (Phi) is 4.09. The summed E-state index contributed by atoms with van der Waals surface area (Å²) in [6.45, 7) is 3.97. The summed E-state index contributed by atoms with van der Waals surface area (Å²) in [6.07, 6.45) is 0.853. The van der Waals surface area contributed by atoms with E-state index in [9.17, 15) is 4.39 Å². The zero-order valence-corrected chi connectivity index (χ0v) is 11.6. The third-order valence-corrected chi connectivity index (χ3v) is 4.22. The van der Waals surface area contributed by atoms with Crippen LogP contribution in [0.3, 0.4) is 0 Å². The molecule has 0 spiro atoms. The molecule has 0 bridgehead atoms. The van der Waals surface area contributed by atoms with Gasteiger partial charge in [0.05, 0.1) is 11.2 Å². The molecule has 4 heteroatoms. The maximum absolute atomic E-state index is 13.1. The van der Waals surface area contributed by atoms with Gasteiger partial charge in [0, 0.05) is 10.9 Å². The van der Waals surface area contributed by atoms with Gasteiger partial charge in [-0.2, -0.15) is 0 Å². The first-order chi connectivity index (χ1) is 8.61. The number of likely N-dealkylation sites (N-methyl/N-ethyl adjacent to an activating group) is 1. The van der Waals surface area contributed by atoms with Gasteiger partial charge in [0.25, 0.3) is 0 Å². The number of aryl methyl sites for hydroxylation is 2. The molecule has 0 fully saturated rings. The van der Waals surface area contributed by atoms with Crippen LogP contribution in [0, 0.1) is 19.7 Å². The van der Waals surface area contributed by atoms with E-state index < -0.39 is 0 Å². The lowest BCUT2D eigenvalue weighted by atomic mass is 9.99. The summed E-state index contributed by atoms with van der Waals surface area (Å²) >= 11 is 1.66. The average Bonchev–Trinajstić information content (AvgIpc) is 2.75. The first-order valence-electron chi connectivity index (χ1n) is 5.94. The van der Waals surface area contributed by atoms with E-state index in [1.165, 1.54) is 16.5 Å². The van der Waals surface area contributed by atoms with Crippen molar-refractivity contribution in [3.8, 4) is 0 Å². The number of rotatable bonds is 4. The quantitative estimate of drug-likeness (QED) is 0.915. The molecule has 1 aromatic heterocycles. The highest BCUT2D eigenvalue weighted by Crippen LogP contribution is 2.26. The van der Waals surface area contributed by atoms with Gasteiger partial charge in [0.15, 0.2) is 0 Å². The van der Waals surface area contributed by atoms with Crippen LogP contribution in [0.2, 0.25) is 0 Å². The Morgan fingerprint density at radius 2 is 2.17 bits per heavy atom. The van der Waals surface area contributed by atoms with Crippen LogP contribution in [-0.4, -0.2) is 12.0 Å². The fraction of sp³-hybridized carbons (Fsp3) is 0.357. The van der Waals surface area contributed by atoms with Crippen LogP contribution in [0.1, 0.15) is 27.7 Å². The highest BCUT2D eigenvalue weighted by molar-refractivity contribution is 7.09. The van der Waals surface area contributed by atoms with E-state index in [-0.39, 0.29) is 11.9 Å². The molecular formula is C14H17FN2S. The predicted molar refractivity (Wildman–Crippen MR) is 73.5 cm³/mol. The molecule has 0 saturated heterocycles. The highest BCUT2D eigenvalue weighted by Gasteiger charge is 2.15. The molecule has 0 aliphatic carbocycles. The summed E-state index contributed by atoms with van der Waals surface area (Å²) in [7, 11) is 1.95. The van der Waals surface area contributed by atoms with Crippen LogP contribution >= 0.6 is 11.3 Å². The van der Waals surface area contributed by atoms with Gasteiger partial charge in [-0.3, -0.25) is 0 Å². The highest BCUT2D eigenvalue weighted by atomic mass is 32.1. The largest absolute Gasteiger partial charge is 0.312 e. The molecule has 0 amide bonds. The molecular weight excluding hydrogens is 247 g/mol. The van der Waals surface area contributed by atoms with Gasteiger partial charge in [-0.1, -0.05) is 6.07 Å². The smallest absolute Gasteiger partial charge is 0.123 e. The van der Waals surface area contributed by atoms with E-state index in [1.54, 1.807) is 17.4 Å². The van der Waals surface area contributed by atoms with Crippen LogP contribution in [0.5, 0.6) is 0 Å². The van der Waals surface area contributed by atoms with Crippen LogP contribution < -0.4 is 5.32 Å². The van der Waals surface area contributed by atoms with Gasteiger partial charge >= 0.3 is 0 Å². The van der Waals surface area contributed by atoms with Gasteiger partial charge < -0.3 is 5.32 Å². The number of nitrogens with one attached hydrogen (secondary N) is 1. The van der Waals surface area contributed by atoms with Crippen molar-refractivity contribution in [2.24, 2.45) is 0 Å². The van der Waals surface area contributed by atoms with E-state index in [1.807, 2.05) is 32.5 Å². The topological polar surface area (TPSA) is 24.9 Å². The molecule has 1 aromatic carbocycles. The minimum Gasteiger partial charge on any atom is -0.312 e. The Morgan fingerprint density at radius 1 is 1.39 bits per heavy atom. The van der Waals surface area contributed by atoms with Crippen molar-refractivity contribution in [2.75, 3.05) is 7.05 Å². The van der Waals surface area contributed by atoms with Gasteiger partial charge in [0.2, 0.25) is 0 Å². The number of halogens is 1. The van der Waals surface area contributed by atoms with Gasteiger partial charge in [0.1, 0.15) is 5.82 Å². The molecule has 1 atom stereocenters. The molecule has 96 valence electrons. The number of hydrogen-bond donors (Lipinski definition) is 1. The summed E-state index contributed by atoms with van der Waals surface area (Å²) in [4.78, 5) is 5.53. The van der Waals surface area contributed by atoms with Gasteiger partial charge in [-0.15, -0.1) is 11.3 Å². The molecule has 2 aromatic rings. The van der Waals surface area contributed by atoms with Crippen molar-refractivity contribution >= 4 is 11.3 Å². The molecule has 2 nitrogen and oxygen atoms in total. The van der Waals surface area contributed by atoms with E-state index in [0.717, 1.165) is 17.7 Å². The third kappa shape index (κ3) is 2.76. The van der Waals surface area contributed by atoms with Gasteiger partial charge in [-0.25, -0.2) is 9.37 Å². The minimum absolute atomic E-state index is 0.175. The average molecular weight is 264 g/mol. The second-order valence-electron chi connectivity index (χ2n) is 4.42. The standard InChI is InChI=1S/C14H17FN2S/c1-9-6-12(15)5-4-11(9)7-13(16-3)14-10(2)17-8-18-14/h4-6,8,13,16H,7H2,1-3H3. The zero-order chi connectivity index (χ0) is 13.1. The van der Waals surface area contributed by atoms with Crippen molar-refractivity contribution in [2.45, 2.75) is 26.3 Å². The van der Waals surface area contributed by atoms with Crippen molar-refractivity contribution in [3.05, 3.63) is 51.2 Å². The molecule has 0 aliphatic heterocycles. The number of hydrogen-bond acceptors (Lipinski definition) is 3. The molecule has 0 saturated carbocycles. The SMILES string of the molecule is CNC(Cc1ccc(F)cc1C)c1scnc1C. The lowest BCUT2D eigenvalue weighted by molar-refractivity contribution is 0.592. The summed E-state index contributed by atoms with van der Waals surface area (Å²) in [5.41, 5.74) is 5.10. The van der Waals surface area contributed by atoms with E-state index in [4.69, 9.17) is 0 Å². The first-order valence-corrected chi connectivity index (χ1v) is 6.82. The molecule has 18 heavy (non-hydrogen) atoms. The predicted octanol–water partition coefficient (Wildman–Crippen LogP) is 3.40. The lowest BCUT2D eigenvalue weighted by Gasteiger charge is -2.16. The van der Waals surface area contributed by atoms with E-state index in [0.29, 0.717) is 0 Å².